The first-order valence-electron chi connectivity index (χ1n) is 6.69. The van der Waals surface area contributed by atoms with Crippen LogP contribution in [0.2, 0.25) is 0 Å². The molecule has 6 heteroatoms. The third-order valence-corrected chi connectivity index (χ3v) is 3.91. The third-order valence-electron chi connectivity index (χ3n) is 3.05. The highest BCUT2D eigenvalue weighted by Crippen LogP contribution is 2.18. The minimum absolute atomic E-state index is 0.0889. The highest BCUT2D eigenvalue weighted by atomic mass is 32.2. The Labute approximate surface area is 120 Å². The predicted molar refractivity (Wildman–Crippen MR) is 81.3 cm³/mol. The zero-order valence-corrected chi connectivity index (χ0v) is 12.7. The standard InChI is InChI=1S/C14H21N3O2S/c1-15-14(17-13-7-8-13)16-9-11-3-5-12(6-4-11)10-20(2,18)19/h3-6,13H,7-10H2,1-2H3,(H2,15,16,17). The molecule has 1 aliphatic rings. The summed E-state index contributed by atoms with van der Waals surface area (Å²) in [6.07, 6.45) is 3.66. The Kier molecular flexibility index (Phi) is 4.65. The fraction of sp³-hybridized carbons (Fsp3) is 0.500. The van der Waals surface area contributed by atoms with Crippen LogP contribution in [0.4, 0.5) is 0 Å². The monoisotopic (exact) mass is 295 g/mol. The summed E-state index contributed by atoms with van der Waals surface area (Å²) >= 11 is 0. The van der Waals surface area contributed by atoms with Crippen LogP contribution in [-0.2, 0) is 22.1 Å². The first-order valence-corrected chi connectivity index (χ1v) is 8.75. The Morgan fingerprint density at radius 3 is 2.35 bits per heavy atom. The van der Waals surface area contributed by atoms with Gasteiger partial charge in [0, 0.05) is 25.9 Å². The van der Waals surface area contributed by atoms with E-state index in [9.17, 15) is 8.42 Å². The molecule has 2 N–H and O–H groups in total. The van der Waals surface area contributed by atoms with E-state index >= 15 is 0 Å². The van der Waals surface area contributed by atoms with E-state index in [1.54, 1.807) is 7.05 Å². The van der Waals surface area contributed by atoms with E-state index in [1.165, 1.54) is 19.1 Å². The Morgan fingerprint density at radius 2 is 1.85 bits per heavy atom. The van der Waals surface area contributed by atoms with Gasteiger partial charge in [-0.2, -0.15) is 0 Å². The number of hydrogen-bond donors (Lipinski definition) is 2. The van der Waals surface area contributed by atoms with E-state index in [0.29, 0.717) is 12.6 Å². The maximum absolute atomic E-state index is 11.2. The smallest absolute Gasteiger partial charge is 0.191 e. The molecule has 0 unspecified atom stereocenters. The number of nitrogens with zero attached hydrogens (tertiary/aromatic N) is 1. The summed E-state index contributed by atoms with van der Waals surface area (Å²) < 4.78 is 22.4. The lowest BCUT2D eigenvalue weighted by molar-refractivity contribution is 0.601. The van der Waals surface area contributed by atoms with Crippen molar-refractivity contribution in [3.63, 3.8) is 0 Å². The number of benzene rings is 1. The second-order valence-corrected chi connectivity index (χ2v) is 7.37. The van der Waals surface area contributed by atoms with Crippen molar-refractivity contribution in [3.05, 3.63) is 35.4 Å². The number of sulfone groups is 1. The van der Waals surface area contributed by atoms with Gasteiger partial charge < -0.3 is 10.6 Å². The molecule has 1 aromatic rings. The zero-order chi connectivity index (χ0) is 14.6. The minimum atomic E-state index is -2.97. The van der Waals surface area contributed by atoms with Gasteiger partial charge in [0.1, 0.15) is 0 Å². The lowest BCUT2D eigenvalue weighted by Crippen LogP contribution is -2.38. The Hall–Kier alpha value is -1.56. The van der Waals surface area contributed by atoms with Crippen LogP contribution in [0.5, 0.6) is 0 Å². The van der Waals surface area contributed by atoms with Crippen LogP contribution >= 0.6 is 0 Å². The van der Waals surface area contributed by atoms with Crippen LogP contribution in [0.1, 0.15) is 24.0 Å². The zero-order valence-electron chi connectivity index (χ0n) is 11.9. The number of guanidine groups is 1. The van der Waals surface area contributed by atoms with Gasteiger partial charge in [0.15, 0.2) is 15.8 Å². The van der Waals surface area contributed by atoms with Crippen LogP contribution < -0.4 is 10.6 Å². The molecule has 0 radical (unpaired) electrons. The number of rotatable bonds is 5. The van der Waals surface area contributed by atoms with Crippen molar-refractivity contribution in [2.75, 3.05) is 13.3 Å². The molecule has 5 nitrogen and oxygen atoms in total. The highest BCUT2D eigenvalue weighted by Gasteiger charge is 2.21. The first-order chi connectivity index (χ1) is 9.46. The number of nitrogens with one attached hydrogen (secondary N) is 2. The van der Waals surface area contributed by atoms with Crippen molar-refractivity contribution in [3.8, 4) is 0 Å². The molecule has 0 saturated heterocycles. The molecule has 0 aliphatic heterocycles. The summed E-state index contributed by atoms with van der Waals surface area (Å²) in [7, 11) is -1.21. The lowest BCUT2D eigenvalue weighted by Gasteiger charge is -2.11. The summed E-state index contributed by atoms with van der Waals surface area (Å²) in [5.74, 6) is 0.902. The molecule has 0 heterocycles. The normalized spacial score (nSPS) is 16.0. The Bertz CT molecular complexity index is 575. The molecule has 0 bridgehead atoms. The molecule has 1 fully saturated rings. The summed E-state index contributed by atoms with van der Waals surface area (Å²) in [4.78, 5) is 4.16. The fourth-order valence-electron chi connectivity index (χ4n) is 1.86. The van der Waals surface area contributed by atoms with Crippen molar-refractivity contribution < 1.29 is 8.42 Å². The van der Waals surface area contributed by atoms with Crippen molar-refractivity contribution >= 4 is 15.8 Å². The second kappa shape index (κ2) is 6.26. The van der Waals surface area contributed by atoms with E-state index < -0.39 is 9.84 Å². The first kappa shape index (κ1) is 14.8. The molecule has 110 valence electrons. The van der Waals surface area contributed by atoms with E-state index in [4.69, 9.17) is 0 Å². The molecule has 1 aromatic carbocycles. The van der Waals surface area contributed by atoms with E-state index in [0.717, 1.165) is 17.1 Å². The van der Waals surface area contributed by atoms with Gasteiger partial charge >= 0.3 is 0 Å². The van der Waals surface area contributed by atoms with Gasteiger partial charge in [-0.3, -0.25) is 4.99 Å². The average molecular weight is 295 g/mol. The van der Waals surface area contributed by atoms with E-state index in [-0.39, 0.29) is 5.75 Å². The average Bonchev–Trinajstić information content (AvgIpc) is 3.18. The van der Waals surface area contributed by atoms with Crippen LogP contribution in [0, 0.1) is 0 Å². The van der Waals surface area contributed by atoms with E-state index in [1.807, 2.05) is 24.3 Å². The molecular weight excluding hydrogens is 274 g/mol. The fourth-order valence-corrected chi connectivity index (χ4v) is 2.66. The molecule has 20 heavy (non-hydrogen) atoms. The molecule has 2 rings (SSSR count). The molecule has 1 aliphatic carbocycles. The lowest BCUT2D eigenvalue weighted by atomic mass is 10.1. The molecule has 1 saturated carbocycles. The summed E-state index contributed by atoms with van der Waals surface area (Å²) in [5.41, 5.74) is 1.91. The van der Waals surface area contributed by atoms with Gasteiger partial charge in [-0.25, -0.2) is 8.42 Å². The predicted octanol–water partition coefficient (Wildman–Crippen LogP) is 1.06. The van der Waals surface area contributed by atoms with Gasteiger partial charge in [0.2, 0.25) is 0 Å². The van der Waals surface area contributed by atoms with Crippen LogP contribution in [-0.4, -0.2) is 33.7 Å². The second-order valence-electron chi connectivity index (χ2n) is 5.23. The largest absolute Gasteiger partial charge is 0.354 e. The molecule has 0 spiro atoms. The third kappa shape index (κ3) is 5.21. The van der Waals surface area contributed by atoms with Gasteiger partial charge in [-0.15, -0.1) is 0 Å². The summed E-state index contributed by atoms with van der Waals surface area (Å²) in [5, 5.41) is 6.56. The van der Waals surface area contributed by atoms with E-state index in [2.05, 4.69) is 15.6 Å². The van der Waals surface area contributed by atoms with Crippen molar-refractivity contribution in [2.45, 2.75) is 31.2 Å². The van der Waals surface area contributed by atoms with Gasteiger partial charge in [0.05, 0.1) is 5.75 Å². The number of hydrogen-bond acceptors (Lipinski definition) is 3. The van der Waals surface area contributed by atoms with Crippen molar-refractivity contribution in [2.24, 2.45) is 4.99 Å². The molecule has 0 aromatic heterocycles. The Balaban J connectivity index is 1.86. The quantitative estimate of drug-likeness (QED) is 0.629. The summed E-state index contributed by atoms with van der Waals surface area (Å²) in [6.45, 7) is 0.672. The maximum atomic E-state index is 11.2. The van der Waals surface area contributed by atoms with Gasteiger partial charge in [0.25, 0.3) is 0 Å². The topological polar surface area (TPSA) is 70.6 Å². The van der Waals surface area contributed by atoms with Crippen LogP contribution in [0.25, 0.3) is 0 Å². The minimum Gasteiger partial charge on any atom is -0.354 e. The van der Waals surface area contributed by atoms with Crippen molar-refractivity contribution in [1.82, 2.24) is 10.6 Å². The molecule has 0 atom stereocenters. The summed E-state index contributed by atoms with van der Waals surface area (Å²) in [6, 6.07) is 8.17. The molecule has 0 amide bonds. The molecular formula is C14H21N3O2S. The SMILES string of the molecule is CN=C(NCc1ccc(CS(C)(=O)=O)cc1)NC1CC1. The maximum Gasteiger partial charge on any atom is 0.191 e. The highest BCUT2D eigenvalue weighted by molar-refractivity contribution is 7.89. The Morgan fingerprint density at radius 1 is 1.25 bits per heavy atom. The van der Waals surface area contributed by atoms with Gasteiger partial charge in [-0.1, -0.05) is 24.3 Å². The number of aliphatic imine (C=N–C) groups is 1. The van der Waals surface area contributed by atoms with Gasteiger partial charge in [-0.05, 0) is 24.0 Å². The van der Waals surface area contributed by atoms with Crippen molar-refractivity contribution in [1.29, 1.82) is 0 Å². The van der Waals surface area contributed by atoms with Crippen LogP contribution in [0.3, 0.4) is 0 Å². The van der Waals surface area contributed by atoms with Crippen LogP contribution in [0.15, 0.2) is 29.3 Å².